The van der Waals surface area contributed by atoms with E-state index in [0.29, 0.717) is 38.2 Å². The normalized spacial score (nSPS) is 16.9. The van der Waals surface area contributed by atoms with Gasteiger partial charge in [0.1, 0.15) is 18.5 Å². The number of imide groups is 1. The molecule has 242 valence electrons. The molecule has 6 rings (SSSR count). The maximum atomic E-state index is 14.2. The number of hydrogen-bond acceptors (Lipinski definition) is 9. The van der Waals surface area contributed by atoms with Crippen LogP contribution in [-0.2, 0) is 20.7 Å². The van der Waals surface area contributed by atoms with Gasteiger partial charge in [0.05, 0.1) is 40.7 Å². The van der Waals surface area contributed by atoms with Crippen LogP contribution in [-0.4, -0.2) is 62.0 Å². The second kappa shape index (κ2) is 15.3. The van der Waals surface area contributed by atoms with Crippen LogP contribution in [0.4, 0.5) is 10.5 Å². The van der Waals surface area contributed by atoms with Crippen molar-refractivity contribution in [3.8, 4) is 5.75 Å². The number of aryl methyl sites for hydroxylation is 1. The standard InChI is InChI=1S/C37H38N4O5S/c1-44-37(43)41(36(42)35(38)34(26-11-4-2-5-12-26)27-13-6-3-7-14-27)32-15-9-8-10-25(32)16-17-29-21-39-22-30(46-29)23-45-28-18-19-31-33(20-28)47-24-40-31/h2-15,18-20,24,29-30,34-35,39H,16-17,21-23,38H2,1H3/t29-,30+,35+/m1/s1. The Morgan fingerprint density at radius 1 is 0.957 bits per heavy atom. The SMILES string of the molecule is COC(=O)N(C(=O)[C@@H](N)C(c1ccccc1)c1ccccc1)c1ccccc1CC[C@@H]1CNC[C@@H](COc2ccc3ncsc3c2)O1. The van der Waals surface area contributed by atoms with Gasteiger partial charge in [-0.25, -0.2) is 14.7 Å². The van der Waals surface area contributed by atoms with Crippen LogP contribution in [0.1, 0.15) is 29.0 Å². The summed E-state index contributed by atoms with van der Waals surface area (Å²) in [5, 5.41) is 3.46. The number of morpholine rings is 1. The number of carbonyl (C=O) groups excluding carboxylic acids is 2. The van der Waals surface area contributed by atoms with Gasteiger partial charge in [-0.05, 0) is 53.8 Å². The summed E-state index contributed by atoms with van der Waals surface area (Å²) in [6.45, 7) is 1.78. The molecule has 47 heavy (non-hydrogen) atoms. The fourth-order valence-corrected chi connectivity index (χ4v) is 6.74. The quantitative estimate of drug-likeness (QED) is 0.181. The van der Waals surface area contributed by atoms with Crippen LogP contribution in [0.3, 0.4) is 0 Å². The molecule has 3 N–H and O–H groups in total. The fraction of sp³-hybridized carbons (Fsp3) is 0.270. The molecule has 0 aliphatic carbocycles. The largest absolute Gasteiger partial charge is 0.491 e. The van der Waals surface area contributed by atoms with E-state index in [4.69, 9.17) is 19.9 Å². The smallest absolute Gasteiger partial charge is 0.420 e. The van der Waals surface area contributed by atoms with E-state index >= 15 is 0 Å². The van der Waals surface area contributed by atoms with Crippen molar-refractivity contribution in [1.29, 1.82) is 0 Å². The van der Waals surface area contributed by atoms with Gasteiger partial charge in [-0.3, -0.25) is 4.79 Å². The lowest BCUT2D eigenvalue weighted by Gasteiger charge is -2.32. The zero-order valence-corrected chi connectivity index (χ0v) is 27.0. The van der Waals surface area contributed by atoms with Gasteiger partial charge in [0.15, 0.2) is 0 Å². The van der Waals surface area contributed by atoms with E-state index in [-0.39, 0.29) is 12.2 Å². The van der Waals surface area contributed by atoms with Crippen molar-refractivity contribution in [2.75, 3.05) is 31.7 Å². The van der Waals surface area contributed by atoms with Crippen LogP contribution in [0, 0.1) is 0 Å². The highest BCUT2D eigenvalue weighted by Crippen LogP contribution is 2.31. The third-order valence-corrected chi connectivity index (χ3v) is 9.17. The molecule has 1 fully saturated rings. The molecule has 9 nitrogen and oxygen atoms in total. The van der Waals surface area contributed by atoms with Crippen LogP contribution in [0.5, 0.6) is 5.75 Å². The summed E-state index contributed by atoms with van der Waals surface area (Å²) < 4.78 is 18.7. The summed E-state index contributed by atoms with van der Waals surface area (Å²) in [7, 11) is 1.27. The van der Waals surface area contributed by atoms with Gasteiger partial charge in [0, 0.05) is 19.0 Å². The Bertz CT molecular complexity index is 1740. The van der Waals surface area contributed by atoms with Gasteiger partial charge in [-0.2, -0.15) is 0 Å². The van der Waals surface area contributed by atoms with E-state index in [0.717, 1.165) is 37.6 Å². The average molecular weight is 651 g/mol. The predicted octanol–water partition coefficient (Wildman–Crippen LogP) is 5.92. The van der Waals surface area contributed by atoms with E-state index in [9.17, 15) is 9.59 Å². The van der Waals surface area contributed by atoms with E-state index in [1.54, 1.807) is 23.5 Å². The van der Waals surface area contributed by atoms with Crippen molar-refractivity contribution in [3.63, 3.8) is 0 Å². The second-order valence-electron chi connectivity index (χ2n) is 11.5. The Kier molecular flexibility index (Phi) is 10.5. The average Bonchev–Trinajstić information content (AvgIpc) is 3.60. The highest BCUT2D eigenvalue weighted by atomic mass is 32.1. The minimum absolute atomic E-state index is 0.0838. The van der Waals surface area contributed by atoms with Crippen LogP contribution < -0.4 is 20.7 Å². The highest BCUT2D eigenvalue weighted by Gasteiger charge is 2.36. The molecule has 2 amide bonds. The summed E-state index contributed by atoms with van der Waals surface area (Å²) in [5.74, 6) is -0.241. The number of benzene rings is 4. The van der Waals surface area contributed by atoms with Crippen molar-refractivity contribution in [2.24, 2.45) is 5.73 Å². The number of aromatic nitrogens is 1. The topological polar surface area (TPSA) is 116 Å². The fourth-order valence-electron chi connectivity index (χ4n) is 6.03. The van der Waals surface area contributed by atoms with Crippen LogP contribution in [0.2, 0.25) is 0 Å². The predicted molar refractivity (Wildman–Crippen MR) is 184 cm³/mol. The van der Waals surface area contributed by atoms with Gasteiger partial charge in [0.25, 0.3) is 5.91 Å². The molecule has 1 aromatic heterocycles. The third kappa shape index (κ3) is 7.69. The molecule has 2 heterocycles. The monoisotopic (exact) mass is 650 g/mol. The van der Waals surface area contributed by atoms with Crippen LogP contribution in [0.15, 0.2) is 109 Å². The Labute approximate surface area is 278 Å². The first kappa shape index (κ1) is 32.3. The molecule has 0 saturated carbocycles. The van der Waals surface area contributed by atoms with Gasteiger partial charge in [-0.15, -0.1) is 11.3 Å². The lowest BCUT2D eigenvalue weighted by atomic mass is 9.84. The number of anilines is 1. The summed E-state index contributed by atoms with van der Waals surface area (Å²) >= 11 is 1.58. The maximum absolute atomic E-state index is 14.2. The number of methoxy groups -OCH3 is 1. The molecule has 0 spiro atoms. The molecule has 1 aliphatic rings. The third-order valence-electron chi connectivity index (χ3n) is 8.37. The number of nitrogens with zero attached hydrogens (tertiary/aromatic N) is 2. The molecule has 0 bridgehead atoms. The molecule has 1 aliphatic heterocycles. The summed E-state index contributed by atoms with van der Waals surface area (Å²) in [6.07, 6.45) is 0.232. The van der Waals surface area contributed by atoms with Crippen molar-refractivity contribution < 1.29 is 23.8 Å². The van der Waals surface area contributed by atoms with E-state index in [2.05, 4.69) is 10.3 Å². The van der Waals surface area contributed by atoms with Crippen LogP contribution >= 0.6 is 11.3 Å². The van der Waals surface area contributed by atoms with Gasteiger partial charge < -0.3 is 25.3 Å². The van der Waals surface area contributed by atoms with Gasteiger partial charge in [-0.1, -0.05) is 78.9 Å². The lowest BCUT2D eigenvalue weighted by molar-refractivity contribution is -0.119. The molecule has 0 unspecified atom stereocenters. The lowest BCUT2D eigenvalue weighted by Crippen LogP contribution is -2.50. The Balaban J connectivity index is 1.16. The summed E-state index contributed by atoms with van der Waals surface area (Å²) in [6, 6.07) is 31.4. The molecule has 5 aromatic rings. The maximum Gasteiger partial charge on any atom is 0.420 e. The second-order valence-corrected chi connectivity index (χ2v) is 12.4. The zero-order valence-electron chi connectivity index (χ0n) is 26.2. The number of amides is 2. The number of hydrogen-bond donors (Lipinski definition) is 2. The van der Waals surface area contributed by atoms with Crippen molar-refractivity contribution in [3.05, 3.63) is 125 Å². The number of nitrogens with one attached hydrogen (secondary N) is 1. The van der Waals surface area contributed by atoms with Crippen molar-refractivity contribution >= 4 is 39.2 Å². The highest BCUT2D eigenvalue weighted by molar-refractivity contribution is 7.16. The van der Waals surface area contributed by atoms with E-state index < -0.39 is 24.0 Å². The number of fused-ring (bicyclic) bond motifs is 1. The number of nitrogens with two attached hydrogens (primary N) is 1. The number of rotatable bonds is 11. The van der Waals surface area contributed by atoms with Crippen molar-refractivity contribution in [2.45, 2.75) is 37.0 Å². The van der Waals surface area contributed by atoms with Gasteiger partial charge >= 0.3 is 6.09 Å². The van der Waals surface area contributed by atoms with E-state index in [1.807, 2.05) is 96.5 Å². The molecule has 4 aromatic carbocycles. The molecule has 0 radical (unpaired) electrons. The first-order valence-electron chi connectivity index (χ1n) is 15.7. The Hall–Kier alpha value is -4.61. The molecular weight excluding hydrogens is 612 g/mol. The van der Waals surface area contributed by atoms with Crippen molar-refractivity contribution in [1.82, 2.24) is 10.3 Å². The van der Waals surface area contributed by atoms with Crippen LogP contribution in [0.25, 0.3) is 10.2 Å². The first-order chi connectivity index (χ1) is 23.0. The molecular formula is C37H38N4O5S. The first-order valence-corrected chi connectivity index (χ1v) is 16.6. The summed E-state index contributed by atoms with van der Waals surface area (Å²) in [4.78, 5) is 32.9. The zero-order chi connectivity index (χ0) is 32.6. The number of para-hydroxylation sites is 1. The minimum Gasteiger partial charge on any atom is -0.491 e. The molecule has 1 saturated heterocycles. The Morgan fingerprint density at radius 2 is 1.64 bits per heavy atom. The van der Waals surface area contributed by atoms with Gasteiger partial charge in [0.2, 0.25) is 0 Å². The molecule has 10 heteroatoms. The summed E-state index contributed by atoms with van der Waals surface area (Å²) in [5.41, 5.74) is 12.6. The minimum atomic E-state index is -1.06. The number of ether oxygens (including phenoxy) is 3. The van der Waals surface area contributed by atoms with E-state index in [1.165, 1.54) is 7.11 Å². The Morgan fingerprint density at radius 3 is 2.36 bits per heavy atom. The molecule has 3 atom stereocenters. The number of thiazole rings is 1. The number of carbonyl (C=O) groups is 2.